The number of rotatable bonds is 12. The van der Waals surface area contributed by atoms with Gasteiger partial charge in [-0.1, -0.05) is 97.9 Å². The lowest BCUT2D eigenvalue weighted by Crippen LogP contribution is -2.57. The molecule has 4 aromatic carbocycles. The maximum absolute atomic E-state index is 13.3. The van der Waals surface area contributed by atoms with Gasteiger partial charge in [-0.3, -0.25) is 9.59 Å². The molecule has 4 N–H and O–H groups in total. The van der Waals surface area contributed by atoms with Crippen LogP contribution in [0.2, 0.25) is 0 Å². The normalized spacial score (nSPS) is 22.1. The largest absolute Gasteiger partial charge is 0.465 e. The van der Waals surface area contributed by atoms with Gasteiger partial charge >= 0.3 is 12.0 Å². The lowest BCUT2D eigenvalue weighted by molar-refractivity contribution is -0.276. The van der Waals surface area contributed by atoms with Crippen molar-refractivity contribution >= 4 is 23.6 Å². The molecule has 3 aliphatic rings. The number of benzene rings is 4. The number of aliphatic hydroxyl groups is 1. The van der Waals surface area contributed by atoms with Crippen LogP contribution in [0.4, 0.5) is 10.5 Å². The fourth-order valence-corrected chi connectivity index (χ4v) is 8.10. The number of carbonyl (C=O) groups is 3. The lowest BCUT2D eigenvalue weighted by Gasteiger charge is -2.46. The Bertz CT molecular complexity index is 1950. The molecule has 4 aromatic rings. The van der Waals surface area contributed by atoms with Crippen LogP contribution >= 0.6 is 0 Å². The van der Waals surface area contributed by atoms with E-state index in [1.165, 1.54) is 0 Å². The summed E-state index contributed by atoms with van der Waals surface area (Å²) in [6, 6.07) is 33.6. The average molecular weight is 762 g/mol. The molecule has 12 nitrogen and oxygen atoms in total. The van der Waals surface area contributed by atoms with Crippen molar-refractivity contribution in [2.24, 2.45) is 5.92 Å². The Morgan fingerprint density at radius 1 is 0.893 bits per heavy atom. The van der Waals surface area contributed by atoms with E-state index in [1.807, 2.05) is 91.0 Å². The summed E-state index contributed by atoms with van der Waals surface area (Å²) >= 11 is 0. The summed E-state index contributed by atoms with van der Waals surface area (Å²) in [5.74, 6) is -0.372. The number of piperidine rings is 1. The molecule has 56 heavy (non-hydrogen) atoms. The monoisotopic (exact) mass is 761 g/mol. The SMILES string of the molecule is CCOC(=O)CNC(=O)NCc1ccccc1-c1ccc(C2OC(CN3CCC4(CC3)C(=O)NCN4c3ccccc3)C(C)C(c3ccc(CO)cc3)O2)cc1. The number of aliphatic hydroxyl groups excluding tert-OH is 1. The van der Waals surface area contributed by atoms with E-state index < -0.39 is 23.8 Å². The van der Waals surface area contributed by atoms with E-state index in [9.17, 15) is 19.5 Å². The number of anilines is 1. The summed E-state index contributed by atoms with van der Waals surface area (Å²) in [4.78, 5) is 42.0. The zero-order valence-corrected chi connectivity index (χ0v) is 32.0. The van der Waals surface area contributed by atoms with Crippen LogP contribution in [0.15, 0.2) is 103 Å². The van der Waals surface area contributed by atoms with Crippen LogP contribution in [0.3, 0.4) is 0 Å². The standard InChI is InChI=1S/C44H51N5O7/c1-3-54-39(51)26-46-43(53)45-25-35-9-7-8-12-37(35)32-17-19-34(20-18-32)41-55-38(30(2)40(56-41)33-15-13-31(28-50)14-16-33)27-48-23-21-44(22-24-48)42(52)47-29-49(44)36-10-5-4-6-11-36/h4-20,30,38,40-41,50H,3,21-29H2,1-2H3,(H,47,52)(H2,45,46,53). The van der Waals surface area contributed by atoms with Crippen LogP contribution in [-0.4, -0.2) is 79.0 Å². The van der Waals surface area contributed by atoms with Crippen molar-refractivity contribution in [3.8, 4) is 11.1 Å². The fourth-order valence-electron chi connectivity index (χ4n) is 8.10. The zero-order valence-electron chi connectivity index (χ0n) is 32.0. The predicted octanol–water partition coefficient (Wildman–Crippen LogP) is 5.43. The molecule has 0 aromatic heterocycles. The second kappa shape index (κ2) is 17.7. The molecule has 0 aliphatic carbocycles. The first-order chi connectivity index (χ1) is 27.3. The number of likely N-dealkylation sites (tertiary alicyclic amines) is 1. The van der Waals surface area contributed by atoms with Gasteiger partial charge in [-0.2, -0.15) is 0 Å². The maximum Gasteiger partial charge on any atom is 0.325 e. The third-order valence-electron chi connectivity index (χ3n) is 11.3. The van der Waals surface area contributed by atoms with Crippen molar-refractivity contribution < 1.29 is 33.7 Å². The van der Waals surface area contributed by atoms with Gasteiger partial charge in [0.1, 0.15) is 12.1 Å². The minimum absolute atomic E-state index is 0.0193. The molecule has 0 saturated carbocycles. The molecule has 1 spiro atoms. The first-order valence-corrected chi connectivity index (χ1v) is 19.5. The number of nitrogens with zero attached hydrogens (tertiary/aromatic N) is 2. The van der Waals surface area contributed by atoms with Crippen molar-refractivity contribution in [2.45, 2.75) is 63.9 Å². The molecular formula is C44H51N5O7. The molecule has 4 unspecified atom stereocenters. The zero-order chi connectivity index (χ0) is 39.1. The van der Waals surface area contributed by atoms with Gasteiger partial charge in [-0.15, -0.1) is 0 Å². The Labute approximate surface area is 328 Å². The van der Waals surface area contributed by atoms with Gasteiger partial charge in [0, 0.05) is 43.3 Å². The molecule has 12 heteroatoms. The molecule has 3 saturated heterocycles. The van der Waals surface area contributed by atoms with Crippen LogP contribution in [0.25, 0.3) is 11.1 Å². The van der Waals surface area contributed by atoms with E-state index in [4.69, 9.17) is 14.2 Å². The van der Waals surface area contributed by atoms with Crippen LogP contribution in [0.1, 0.15) is 61.3 Å². The Balaban J connectivity index is 1.06. The number of amides is 3. The van der Waals surface area contributed by atoms with E-state index in [0.29, 0.717) is 13.2 Å². The summed E-state index contributed by atoms with van der Waals surface area (Å²) in [7, 11) is 0. The van der Waals surface area contributed by atoms with Crippen molar-refractivity contribution in [1.82, 2.24) is 20.9 Å². The first-order valence-electron chi connectivity index (χ1n) is 19.5. The maximum atomic E-state index is 13.3. The molecule has 3 amide bonds. The Morgan fingerprint density at radius 3 is 2.30 bits per heavy atom. The van der Waals surface area contributed by atoms with Gasteiger partial charge in [0.2, 0.25) is 5.91 Å². The van der Waals surface area contributed by atoms with E-state index in [2.05, 4.69) is 44.8 Å². The first kappa shape index (κ1) is 39.0. The minimum atomic E-state index is -0.627. The third-order valence-corrected chi connectivity index (χ3v) is 11.3. The second-order valence-corrected chi connectivity index (χ2v) is 14.7. The number of esters is 1. The molecule has 0 bridgehead atoms. The summed E-state index contributed by atoms with van der Waals surface area (Å²) in [6.45, 7) is 6.92. The van der Waals surface area contributed by atoms with E-state index in [1.54, 1.807) is 6.92 Å². The number of ether oxygens (including phenoxy) is 3. The van der Waals surface area contributed by atoms with Crippen molar-refractivity contribution in [1.29, 1.82) is 0 Å². The number of carbonyl (C=O) groups excluding carboxylic acids is 3. The van der Waals surface area contributed by atoms with E-state index >= 15 is 0 Å². The Hall–Kier alpha value is -5.27. The summed E-state index contributed by atoms with van der Waals surface area (Å²) in [5, 5.41) is 18.2. The van der Waals surface area contributed by atoms with Crippen LogP contribution < -0.4 is 20.9 Å². The Morgan fingerprint density at radius 2 is 1.59 bits per heavy atom. The van der Waals surface area contributed by atoms with Gasteiger partial charge in [-0.25, -0.2) is 4.79 Å². The topological polar surface area (TPSA) is 142 Å². The smallest absolute Gasteiger partial charge is 0.325 e. The van der Waals surface area contributed by atoms with Gasteiger partial charge in [0.05, 0.1) is 32.1 Å². The average Bonchev–Trinajstić information content (AvgIpc) is 3.55. The summed E-state index contributed by atoms with van der Waals surface area (Å²) in [5.41, 5.74) is 6.10. The quantitative estimate of drug-likeness (QED) is 0.139. The van der Waals surface area contributed by atoms with Crippen LogP contribution in [-0.2, 0) is 37.0 Å². The molecule has 3 fully saturated rings. The minimum Gasteiger partial charge on any atom is -0.465 e. The lowest BCUT2D eigenvalue weighted by atomic mass is 9.84. The number of para-hydroxylation sites is 1. The molecule has 3 heterocycles. The van der Waals surface area contributed by atoms with Crippen molar-refractivity contribution in [2.75, 3.05) is 44.4 Å². The molecule has 4 atom stereocenters. The van der Waals surface area contributed by atoms with Crippen LogP contribution in [0.5, 0.6) is 0 Å². The molecule has 294 valence electrons. The third kappa shape index (κ3) is 8.58. The number of hydrogen-bond acceptors (Lipinski definition) is 9. The van der Waals surface area contributed by atoms with Gasteiger partial charge in [0.25, 0.3) is 0 Å². The summed E-state index contributed by atoms with van der Waals surface area (Å²) in [6.07, 6.45) is 0.403. The highest BCUT2D eigenvalue weighted by Crippen LogP contribution is 2.43. The van der Waals surface area contributed by atoms with Gasteiger partial charge in [0.15, 0.2) is 6.29 Å². The van der Waals surface area contributed by atoms with E-state index in [0.717, 1.165) is 65.0 Å². The van der Waals surface area contributed by atoms with Crippen LogP contribution in [0, 0.1) is 5.92 Å². The number of nitrogens with one attached hydrogen (secondary N) is 3. The second-order valence-electron chi connectivity index (χ2n) is 14.7. The van der Waals surface area contributed by atoms with Gasteiger partial charge in [-0.05, 0) is 59.7 Å². The highest BCUT2D eigenvalue weighted by molar-refractivity contribution is 5.93. The predicted molar refractivity (Wildman–Crippen MR) is 212 cm³/mol. The molecule has 0 radical (unpaired) electrons. The number of urea groups is 1. The van der Waals surface area contributed by atoms with Crippen molar-refractivity contribution in [3.05, 3.63) is 125 Å². The summed E-state index contributed by atoms with van der Waals surface area (Å²) < 4.78 is 18.5. The fraction of sp³-hybridized carbons (Fsp3) is 0.386. The highest BCUT2D eigenvalue weighted by Gasteiger charge is 2.51. The van der Waals surface area contributed by atoms with Crippen molar-refractivity contribution in [3.63, 3.8) is 0 Å². The molecule has 7 rings (SSSR count). The highest BCUT2D eigenvalue weighted by atomic mass is 16.7. The number of hydrogen-bond donors (Lipinski definition) is 4. The van der Waals surface area contributed by atoms with Gasteiger partial charge < -0.3 is 45.1 Å². The molecular weight excluding hydrogens is 711 g/mol. The Kier molecular flexibility index (Phi) is 12.3. The van der Waals surface area contributed by atoms with E-state index in [-0.39, 0.29) is 50.3 Å². The molecule has 3 aliphatic heterocycles.